The fourth-order valence-electron chi connectivity index (χ4n) is 5.89. The van der Waals surface area contributed by atoms with Gasteiger partial charge in [-0.25, -0.2) is 9.97 Å². The lowest BCUT2D eigenvalue weighted by Gasteiger charge is -2.32. The number of amides is 1. The van der Waals surface area contributed by atoms with Gasteiger partial charge in [-0.05, 0) is 30.5 Å². The zero-order chi connectivity index (χ0) is 28.8. The van der Waals surface area contributed by atoms with Gasteiger partial charge in [-0.3, -0.25) is 4.79 Å². The van der Waals surface area contributed by atoms with Gasteiger partial charge in [-0.15, -0.1) is 0 Å². The zero-order valence-corrected chi connectivity index (χ0v) is 23.6. The molecular formula is C31H33N7O4. The van der Waals surface area contributed by atoms with Crippen LogP contribution in [0.25, 0.3) is 28.3 Å². The number of hydrogen-bond acceptors (Lipinski definition) is 8. The van der Waals surface area contributed by atoms with Gasteiger partial charge in [0.15, 0.2) is 5.65 Å². The van der Waals surface area contributed by atoms with Crippen LogP contribution in [0.3, 0.4) is 0 Å². The summed E-state index contributed by atoms with van der Waals surface area (Å²) in [5.74, 6) is 1.30. The monoisotopic (exact) mass is 567 g/mol. The predicted molar refractivity (Wildman–Crippen MR) is 157 cm³/mol. The summed E-state index contributed by atoms with van der Waals surface area (Å²) in [7, 11) is 3.70. The Morgan fingerprint density at radius 3 is 2.76 bits per heavy atom. The molecule has 4 atom stereocenters. The average Bonchev–Trinajstić information content (AvgIpc) is 3.77. The molecule has 216 valence electrons. The van der Waals surface area contributed by atoms with Gasteiger partial charge in [0.05, 0.1) is 43.3 Å². The van der Waals surface area contributed by atoms with E-state index in [1.165, 1.54) is 0 Å². The quantitative estimate of drug-likeness (QED) is 0.294. The number of pyridine rings is 1. The highest BCUT2D eigenvalue weighted by Crippen LogP contribution is 2.37. The lowest BCUT2D eigenvalue weighted by Crippen LogP contribution is -2.50. The maximum atomic E-state index is 13.3. The van der Waals surface area contributed by atoms with Crippen LogP contribution in [0.2, 0.25) is 0 Å². The molecule has 1 saturated carbocycles. The fourth-order valence-corrected chi connectivity index (χ4v) is 5.89. The Hall–Kier alpha value is -4.32. The highest BCUT2D eigenvalue weighted by Gasteiger charge is 2.33. The van der Waals surface area contributed by atoms with Crippen molar-refractivity contribution in [3.8, 4) is 22.6 Å². The van der Waals surface area contributed by atoms with E-state index >= 15 is 0 Å². The number of ether oxygens (including phenoxy) is 2. The highest BCUT2D eigenvalue weighted by atomic mass is 16.5. The van der Waals surface area contributed by atoms with E-state index in [0.717, 1.165) is 34.8 Å². The summed E-state index contributed by atoms with van der Waals surface area (Å²) in [5.41, 5.74) is 4.41. The molecule has 2 aromatic heterocycles. The Kier molecular flexibility index (Phi) is 6.85. The molecule has 42 heavy (non-hydrogen) atoms. The zero-order valence-electron chi connectivity index (χ0n) is 23.6. The molecule has 1 amide bonds. The van der Waals surface area contributed by atoms with Gasteiger partial charge in [-0.2, -0.15) is 9.61 Å². The van der Waals surface area contributed by atoms with E-state index in [1.807, 2.05) is 55.8 Å². The normalized spacial score (nSPS) is 22.0. The molecule has 7 rings (SSSR count). The Labute approximate surface area is 243 Å². The van der Waals surface area contributed by atoms with Crippen molar-refractivity contribution in [3.05, 3.63) is 78.2 Å². The number of methoxy groups -OCH3 is 1. The van der Waals surface area contributed by atoms with E-state index in [2.05, 4.69) is 32.0 Å². The van der Waals surface area contributed by atoms with Crippen molar-refractivity contribution in [2.45, 2.75) is 43.7 Å². The second kappa shape index (κ2) is 10.8. The predicted octanol–water partition coefficient (Wildman–Crippen LogP) is 3.17. The molecular weight excluding hydrogens is 534 g/mol. The third kappa shape index (κ3) is 4.59. The number of aliphatic hydroxyl groups excluding tert-OH is 1. The second-order valence-electron chi connectivity index (χ2n) is 11.1. The van der Waals surface area contributed by atoms with Crippen molar-refractivity contribution in [1.29, 1.82) is 0 Å². The van der Waals surface area contributed by atoms with Crippen molar-refractivity contribution in [2.24, 2.45) is 0 Å². The summed E-state index contributed by atoms with van der Waals surface area (Å²) in [4.78, 5) is 25.2. The van der Waals surface area contributed by atoms with E-state index in [1.54, 1.807) is 17.8 Å². The first-order valence-corrected chi connectivity index (χ1v) is 14.2. The van der Waals surface area contributed by atoms with Crippen LogP contribution in [-0.2, 0) is 16.0 Å². The van der Waals surface area contributed by atoms with Gasteiger partial charge < -0.3 is 29.4 Å². The number of rotatable bonds is 8. The summed E-state index contributed by atoms with van der Waals surface area (Å²) >= 11 is 0. The third-order valence-electron chi connectivity index (χ3n) is 8.44. The van der Waals surface area contributed by atoms with Gasteiger partial charge in [0.25, 0.3) is 5.91 Å². The van der Waals surface area contributed by atoms with Gasteiger partial charge >= 0.3 is 0 Å². The molecule has 11 nitrogen and oxygen atoms in total. The minimum absolute atomic E-state index is 0.0106. The first-order chi connectivity index (χ1) is 20.5. The number of fused-ring (bicyclic) bond motifs is 2. The molecule has 3 aromatic rings. The van der Waals surface area contributed by atoms with E-state index in [0.29, 0.717) is 43.1 Å². The SMILES string of the molecule is CO[C@H]1COCC1n1cccc2c(-c3cc(N(C)Cc4ccccc4)n4ncc(C(=O)NC5CC[C@@H]5O)c4n3)cnc1-2. The molecule has 1 saturated heterocycles. The maximum absolute atomic E-state index is 13.3. The van der Waals surface area contributed by atoms with Crippen LogP contribution in [0.15, 0.2) is 67.1 Å². The number of nitrogens with one attached hydrogen (secondary N) is 1. The molecule has 0 radical (unpaired) electrons. The number of benzene rings is 1. The number of carbonyl (C=O) groups is 1. The van der Waals surface area contributed by atoms with Gasteiger partial charge in [0, 0.05) is 50.3 Å². The Morgan fingerprint density at radius 2 is 2.00 bits per heavy atom. The van der Waals surface area contributed by atoms with E-state index in [9.17, 15) is 9.90 Å². The van der Waals surface area contributed by atoms with Crippen LogP contribution in [0.4, 0.5) is 5.82 Å². The standard InChI is InChI=1S/C31H33N7O4/c1-36(16-19-7-4-3-5-8-19)28-13-24(34-30-22(15-33-38(28)30)31(40)35-23-10-11-26(23)39)21-14-32-29-20(21)9-6-12-37(29)25-17-42-18-27(25)41-2/h3-9,12-15,23,25-27,39H,10-11,16-18H2,1-2H3,(H,35,40)/t23?,25?,26-,27-/m0/s1. The molecule has 2 fully saturated rings. The number of nitrogens with zero attached hydrogens (tertiary/aromatic N) is 6. The lowest BCUT2D eigenvalue weighted by atomic mass is 9.89. The van der Waals surface area contributed by atoms with Crippen LogP contribution in [-0.4, -0.2) is 80.8 Å². The Bertz CT molecular complexity index is 1700. The van der Waals surface area contributed by atoms with E-state index in [4.69, 9.17) is 19.4 Å². The van der Waals surface area contributed by atoms with Crippen LogP contribution < -0.4 is 10.2 Å². The number of aliphatic hydroxyl groups is 1. The number of carbonyl (C=O) groups excluding carboxylic acids is 1. The fraction of sp³-hybridized carbons (Fsp3) is 0.355. The summed E-state index contributed by atoms with van der Waals surface area (Å²) < 4.78 is 15.2. The molecule has 11 heteroatoms. The van der Waals surface area contributed by atoms with Crippen molar-refractivity contribution in [1.82, 2.24) is 29.5 Å². The summed E-state index contributed by atoms with van der Waals surface area (Å²) in [6.45, 7) is 1.72. The molecule has 1 aliphatic carbocycles. The lowest BCUT2D eigenvalue weighted by molar-refractivity contribution is 0.0448. The molecule has 3 aliphatic heterocycles. The van der Waals surface area contributed by atoms with Crippen molar-refractivity contribution < 1.29 is 19.4 Å². The van der Waals surface area contributed by atoms with Crippen LogP contribution >= 0.6 is 0 Å². The maximum Gasteiger partial charge on any atom is 0.257 e. The smallest absolute Gasteiger partial charge is 0.257 e. The van der Waals surface area contributed by atoms with Crippen LogP contribution in [0.5, 0.6) is 0 Å². The third-order valence-corrected chi connectivity index (χ3v) is 8.44. The largest absolute Gasteiger partial charge is 0.391 e. The summed E-state index contributed by atoms with van der Waals surface area (Å²) in [6.07, 6.45) is 6.24. The van der Waals surface area contributed by atoms with Crippen molar-refractivity contribution in [2.75, 3.05) is 32.3 Å². The molecule has 2 unspecified atom stereocenters. The topological polar surface area (TPSA) is 119 Å². The van der Waals surface area contributed by atoms with Crippen molar-refractivity contribution >= 4 is 17.4 Å². The number of anilines is 1. The molecule has 0 bridgehead atoms. The number of hydrogen-bond donors (Lipinski definition) is 2. The molecule has 0 spiro atoms. The molecule has 5 heterocycles. The minimum Gasteiger partial charge on any atom is -0.391 e. The molecule has 2 N–H and O–H groups in total. The first-order valence-electron chi connectivity index (χ1n) is 14.2. The molecule has 1 aromatic carbocycles. The second-order valence-corrected chi connectivity index (χ2v) is 11.1. The van der Waals surface area contributed by atoms with Crippen LogP contribution in [0.1, 0.15) is 34.8 Å². The first kappa shape index (κ1) is 26.6. The Morgan fingerprint density at radius 1 is 1.14 bits per heavy atom. The van der Waals surface area contributed by atoms with E-state index in [-0.39, 0.29) is 24.1 Å². The van der Waals surface area contributed by atoms with Crippen LogP contribution in [0, 0.1) is 0 Å². The molecule has 4 aliphatic rings. The average molecular weight is 568 g/mol. The number of aromatic nitrogens is 5. The van der Waals surface area contributed by atoms with Gasteiger partial charge in [-0.1, -0.05) is 30.3 Å². The summed E-state index contributed by atoms with van der Waals surface area (Å²) in [6, 6.07) is 16.0. The highest BCUT2D eigenvalue weighted by molar-refractivity contribution is 6.00. The summed E-state index contributed by atoms with van der Waals surface area (Å²) in [5, 5.41) is 17.6. The van der Waals surface area contributed by atoms with Crippen molar-refractivity contribution in [3.63, 3.8) is 0 Å². The van der Waals surface area contributed by atoms with Gasteiger partial charge in [0.1, 0.15) is 23.3 Å². The minimum atomic E-state index is -0.525. The van der Waals surface area contributed by atoms with Gasteiger partial charge in [0.2, 0.25) is 0 Å². The Balaban J connectivity index is 1.31. The van der Waals surface area contributed by atoms with E-state index < -0.39 is 6.10 Å².